The van der Waals surface area contributed by atoms with Crippen LogP contribution in [-0.2, 0) is 9.59 Å². The van der Waals surface area contributed by atoms with Crippen molar-refractivity contribution in [1.82, 2.24) is 5.32 Å². The Hall–Kier alpha value is -2.58. The average Bonchev–Trinajstić information content (AvgIpc) is 3.00. The standard InChI is InChI=1S/C17H13ClN2O5S/c1-8-4-14(26-7-8)11-6-13(21)15(17(23)19-11)16(22)10-3-2-9(18)5-12(10)20(24)25/h2-5,7,11,15H,6H2,1H3,(H,19,23). The molecule has 1 aliphatic heterocycles. The molecule has 0 bridgehead atoms. The van der Waals surface area contributed by atoms with Crippen LogP contribution in [0.5, 0.6) is 0 Å². The molecule has 1 amide bonds. The first kappa shape index (κ1) is 18.2. The molecule has 0 aliphatic carbocycles. The third-order valence-electron chi connectivity index (χ3n) is 4.08. The van der Waals surface area contributed by atoms with Crippen molar-refractivity contribution in [3.8, 4) is 0 Å². The number of Topliss-reactive ketones (excluding diaryl/α,β-unsaturated/α-hetero) is 2. The second kappa shape index (κ2) is 6.97. The van der Waals surface area contributed by atoms with Crippen molar-refractivity contribution in [1.29, 1.82) is 0 Å². The Morgan fingerprint density at radius 1 is 1.35 bits per heavy atom. The molecule has 3 rings (SSSR count). The number of piperidine rings is 1. The number of ketones is 2. The van der Waals surface area contributed by atoms with Gasteiger partial charge in [0.2, 0.25) is 5.91 Å². The van der Waals surface area contributed by atoms with E-state index in [0.29, 0.717) is 0 Å². The molecule has 1 N–H and O–H groups in total. The summed E-state index contributed by atoms with van der Waals surface area (Å²) in [6.45, 7) is 1.90. The first-order chi connectivity index (χ1) is 12.3. The summed E-state index contributed by atoms with van der Waals surface area (Å²) < 4.78 is 0. The van der Waals surface area contributed by atoms with Crippen LogP contribution in [0.4, 0.5) is 5.69 Å². The van der Waals surface area contributed by atoms with E-state index in [4.69, 9.17) is 11.6 Å². The summed E-state index contributed by atoms with van der Waals surface area (Å²) in [6.07, 6.45) is -0.0382. The first-order valence-corrected chi connectivity index (χ1v) is 8.90. The minimum Gasteiger partial charge on any atom is -0.347 e. The molecule has 1 aliphatic rings. The van der Waals surface area contributed by atoms with Crippen LogP contribution >= 0.6 is 22.9 Å². The van der Waals surface area contributed by atoms with E-state index in [2.05, 4.69) is 5.32 Å². The van der Waals surface area contributed by atoms with E-state index in [0.717, 1.165) is 22.6 Å². The van der Waals surface area contributed by atoms with Crippen LogP contribution in [0.2, 0.25) is 5.02 Å². The van der Waals surface area contributed by atoms with Gasteiger partial charge in [0, 0.05) is 22.4 Å². The quantitative estimate of drug-likeness (QED) is 0.372. The van der Waals surface area contributed by atoms with E-state index in [-0.39, 0.29) is 17.0 Å². The van der Waals surface area contributed by atoms with E-state index in [1.807, 2.05) is 18.4 Å². The Balaban J connectivity index is 1.89. The molecule has 26 heavy (non-hydrogen) atoms. The van der Waals surface area contributed by atoms with Crippen LogP contribution in [-0.4, -0.2) is 22.4 Å². The number of benzene rings is 1. The second-order valence-electron chi connectivity index (χ2n) is 5.97. The fourth-order valence-electron chi connectivity index (χ4n) is 2.86. The summed E-state index contributed by atoms with van der Waals surface area (Å²) in [4.78, 5) is 48.8. The molecule has 7 nitrogen and oxygen atoms in total. The van der Waals surface area contributed by atoms with Crippen molar-refractivity contribution in [3.05, 3.63) is 60.8 Å². The predicted molar refractivity (Wildman–Crippen MR) is 95.5 cm³/mol. The van der Waals surface area contributed by atoms with Crippen molar-refractivity contribution >= 4 is 46.1 Å². The van der Waals surface area contributed by atoms with Gasteiger partial charge in [0.15, 0.2) is 17.5 Å². The number of nitro groups is 1. The zero-order valence-corrected chi connectivity index (χ0v) is 15.1. The number of carbonyl (C=O) groups excluding carboxylic acids is 3. The number of hydrogen-bond acceptors (Lipinski definition) is 6. The van der Waals surface area contributed by atoms with Gasteiger partial charge in [-0.25, -0.2) is 0 Å². The number of carbonyl (C=O) groups is 3. The van der Waals surface area contributed by atoms with Gasteiger partial charge in [-0.2, -0.15) is 0 Å². The second-order valence-corrected chi connectivity index (χ2v) is 7.35. The van der Waals surface area contributed by atoms with Crippen molar-refractivity contribution in [3.63, 3.8) is 0 Å². The average molecular weight is 393 g/mol. The minimum absolute atomic E-state index is 0.0382. The lowest BCUT2D eigenvalue weighted by Gasteiger charge is -2.26. The summed E-state index contributed by atoms with van der Waals surface area (Å²) in [5.41, 5.74) is 0.180. The topological polar surface area (TPSA) is 106 Å². The van der Waals surface area contributed by atoms with Crippen LogP contribution in [0.15, 0.2) is 29.6 Å². The SMILES string of the molecule is Cc1csc(C2CC(=O)C(C(=O)c3ccc(Cl)cc3[N+](=O)[O-])C(=O)N2)c1. The predicted octanol–water partition coefficient (Wildman–Crippen LogP) is 3.25. The lowest BCUT2D eigenvalue weighted by molar-refractivity contribution is -0.385. The lowest BCUT2D eigenvalue weighted by Crippen LogP contribution is -2.47. The van der Waals surface area contributed by atoms with Crippen LogP contribution in [0.3, 0.4) is 0 Å². The Morgan fingerprint density at radius 2 is 2.08 bits per heavy atom. The van der Waals surface area contributed by atoms with E-state index in [1.54, 1.807) is 0 Å². The van der Waals surface area contributed by atoms with Crippen LogP contribution in [0.25, 0.3) is 0 Å². The van der Waals surface area contributed by atoms with E-state index in [1.165, 1.54) is 17.4 Å². The van der Waals surface area contributed by atoms with Crippen LogP contribution in [0.1, 0.15) is 33.3 Å². The molecule has 0 radical (unpaired) electrons. The molecule has 1 fully saturated rings. The Kier molecular flexibility index (Phi) is 4.88. The first-order valence-electron chi connectivity index (χ1n) is 7.64. The maximum Gasteiger partial charge on any atom is 0.281 e. The van der Waals surface area contributed by atoms with Gasteiger partial charge in [0.1, 0.15) is 0 Å². The molecule has 1 aromatic carbocycles. The van der Waals surface area contributed by atoms with Gasteiger partial charge < -0.3 is 5.32 Å². The smallest absolute Gasteiger partial charge is 0.281 e. The van der Waals surface area contributed by atoms with E-state index in [9.17, 15) is 24.5 Å². The van der Waals surface area contributed by atoms with Crippen molar-refractivity contribution in [2.75, 3.05) is 0 Å². The minimum atomic E-state index is -1.59. The molecule has 1 aromatic heterocycles. The zero-order valence-electron chi connectivity index (χ0n) is 13.5. The highest BCUT2D eigenvalue weighted by molar-refractivity contribution is 7.10. The molecule has 2 aromatic rings. The highest BCUT2D eigenvalue weighted by atomic mass is 35.5. The van der Waals surface area contributed by atoms with Gasteiger partial charge in [-0.1, -0.05) is 11.6 Å². The lowest BCUT2D eigenvalue weighted by atomic mass is 9.85. The van der Waals surface area contributed by atoms with Gasteiger partial charge >= 0.3 is 0 Å². The van der Waals surface area contributed by atoms with Crippen molar-refractivity contribution in [2.45, 2.75) is 19.4 Å². The number of aryl methyl sites for hydroxylation is 1. The molecule has 1 saturated heterocycles. The molecular formula is C17H13ClN2O5S. The number of hydrogen-bond donors (Lipinski definition) is 1. The fourth-order valence-corrected chi connectivity index (χ4v) is 3.98. The highest BCUT2D eigenvalue weighted by Crippen LogP contribution is 2.32. The number of halogens is 1. The fraction of sp³-hybridized carbons (Fsp3) is 0.235. The molecule has 134 valence electrons. The third kappa shape index (κ3) is 3.38. The maximum absolute atomic E-state index is 12.7. The Labute approximate surface area is 157 Å². The number of nitro benzene ring substituents is 1. The molecular weight excluding hydrogens is 380 g/mol. The summed E-state index contributed by atoms with van der Waals surface area (Å²) in [7, 11) is 0. The van der Waals surface area contributed by atoms with E-state index >= 15 is 0 Å². The van der Waals surface area contributed by atoms with Gasteiger partial charge in [-0.3, -0.25) is 24.5 Å². The summed E-state index contributed by atoms with van der Waals surface area (Å²) in [5.74, 6) is -3.78. The van der Waals surface area contributed by atoms with Gasteiger partial charge in [-0.15, -0.1) is 11.3 Å². The zero-order chi connectivity index (χ0) is 19.0. The van der Waals surface area contributed by atoms with Crippen molar-refractivity contribution in [2.24, 2.45) is 5.92 Å². The number of amides is 1. The van der Waals surface area contributed by atoms with Gasteiger partial charge in [0.25, 0.3) is 5.69 Å². The Morgan fingerprint density at radius 3 is 2.65 bits per heavy atom. The summed E-state index contributed by atoms with van der Waals surface area (Å²) in [6, 6.07) is 4.88. The third-order valence-corrected chi connectivity index (χ3v) is 5.48. The molecule has 2 heterocycles. The summed E-state index contributed by atoms with van der Waals surface area (Å²) >= 11 is 7.16. The van der Waals surface area contributed by atoms with Gasteiger partial charge in [0.05, 0.1) is 16.5 Å². The molecule has 2 unspecified atom stereocenters. The number of rotatable bonds is 4. The van der Waals surface area contributed by atoms with E-state index < -0.39 is 40.0 Å². The normalized spacial score (nSPS) is 19.9. The Bertz CT molecular complexity index is 921. The highest BCUT2D eigenvalue weighted by Gasteiger charge is 2.42. The maximum atomic E-state index is 12.7. The summed E-state index contributed by atoms with van der Waals surface area (Å²) in [5, 5.41) is 15.8. The number of thiophene rings is 1. The molecule has 0 saturated carbocycles. The van der Waals surface area contributed by atoms with Gasteiger partial charge in [-0.05, 0) is 36.1 Å². The number of nitrogens with zero attached hydrogens (tertiary/aromatic N) is 1. The largest absolute Gasteiger partial charge is 0.347 e. The molecule has 2 atom stereocenters. The number of nitrogens with one attached hydrogen (secondary N) is 1. The molecule has 0 spiro atoms. The van der Waals surface area contributed by atoms with Crippen LogP contribution in [0, 0.1) is 23.0 Å². The van der Waals surface area contributed by atoms with Crippen molar-refractivity contribution < 1.29 is 19.3 Å². The monoisotopic (exact) mass is 392 g/mol. The molecule has 9 heteroatoms. The van der Waals surface area contributed by atoms with Crippen LogP contribution < -0.4 is 5.32 Å².